The Balaban J connectivity index is 0.000000217. The van der Waals surface area contributed by atoms with Gasteiger partial charge in [0.1, 0.15) is 0 Å². The Morgan fingerprint density at radius 2 is 0.938 bits per heavy atom. The van der Waals surface area contributed by atoms with Crippen LogP contribution in [0.3, 0.4) is 0 Å². The predicted octanol–water partition coefficient (Wildman–Crippen LogP) is 0.518. The number of carbonyl (C=O) groups excluding carboxylic acids is 2. The molecule has 6 rings (SSSR count). The molecule has 0 radical (unpaired) electrons. The minimum absolute atomic E-state index is 0. The third kappa shape index (κ3) is 5.87. The van der Waals surface area contributed by atoms with Gasteiger partial charge >= 0.3 is 37.8 Å². The van der Waals surface area contributed by atoms with Crippen LogP contribution < -0.4 is 28.2 Å². The maximum atomic E-state index is 12.0. The first-order valence-corrected chi connectivity index (χ1v) is 10.5. The zero-order valence-electron chi connectivity index (χ0n) is 18.1. The first kappa shape index (κ1) is 24.2. The maximum Gasteiger partial charge on any atom is 1.00 e. The van der Waals surface area contributed by atoms with Crippen molar-refractivity contribution in [3.63, 3.8) is 0 Å². The summed E-state index contributed by atoms with van der Waals surface area (Å²) in [5.74, 6) is -0.824. The van der Waals surface area contributed by atoms with Crippen molar-refractivity contribution in [2.24, 2.45) is 0 Å². The van der Waals surface area contributed by atoms with Gasteiger partial charge in [0, 0.05) is 26.4 Å². The van der Waals surface area contributed by atoms with Crippen molar-refractivity contribution in [1.82, 2.24) is 0 Å². The van der Waals surface area contributed by atoms with Crippen LogP contribution in [0.1, 0.15) is 46.4 Å². The Kier molecular flexibility index (Phi) is 8.65. The van der Waals surface area contributed by atoms with E-state index in [1.54, 1.807) is 48.5 Å². The van der Waals surface area contributed by atoms with E-state index >= 15 is 0 Å². The van der Waals surface area contributed by atoms with Gasteiger partial charge < -0.3 is 28.1 Å². The van der Waals surface area contributed by atoms with Gasteiger partial charge in [-0.15, -0.1) is 0 Å². The number of para-hydroxylation sites is 2. The van der Waals surface area contributed by atoms with E-state index in [0.29, 0.717) is 0 Å². The van der Waals surface area contributed by atoms with Crippen LogP contribution in [0.5, 0.6) is 11.5 Å². The molecule has 0 unspecified atom stereocenters. The SMILES string of the molecule is C1CCOC1.C1CCOC1.O=C1O[B-]2(OC(=O)c3ccccc3O2)Oc2ccccc21.[Li+]. The predicted molar refractivity (Wildman–Crippen MR) is 111 cm³/mol. The van der Waals surface area contributed by atoms with Gasteiger partial charge in [-0.3, -0.25) is 9.59 Å². The number of hydrogen-bond donors (Lipinski definition) is 0. The summed E-state index contributed by atoms with van der Waals surface area (Å²) in [4.78, 5) is 24.0. The number of ether oxygens (including phenoxy) is 2. The van der Waals surface area contributed by atoms with Crippen molar-refractivity contribution < 1.29 is 56.5 Å². The molecule has 2 aromatic rings. The minimum atomic E-state index is -2.97. The van der Waals surface area contributed by atoms with Gasteiger partial charge in [0.25, 0.3) is 0 Å². The molecule has 32 heavy (non-hydrogen) atoms. The summed E-state index contributed by atoms with van der Waals surface area (Å²) in [5.41, 5.74) is 0.506. The molecule has 0 aromatic heterocycles. The molecule has 2 aromatic carbocycles. The molecule has 4 aliphatic heterocycles. The van der Waals surface area contributed by atoms with E-state index in [9.17, 15) is 9.59 Å². The zero-order valence-corrected chi connectivity index (χ0v) is 18.1. The standard InChI is InChI=1S/C14H8BO6.2C4H8O.Li/c16-13-9-5-1-3-7-11(9)18-15(20-13)19-12-8-4-2-6-10(12)14(17)21-15;2*1-2-4-5-3-1;/h1-8H;2*1-4H2;/q-1;;;+1. The summed E-state index contributed by atoms with van der Waals surface area (Å²) >= 11 is 0. The number of fused-ring (bicyclic) bond motifs is 2. The number of rotatable bonds is 0. The summed E-state index contributed by atoms with van der Waals surface area (Å²) in [6, 6.07) is 13.0. The van der Waals surface area contributed by atoms with Gasteiger partial charge in [-0.25, -0.2) is 0 Å². The van der Waals surface area contributed by atoms with E-state index < -0.39 is 18.9 Å². The van der Waals surface area contributed by atoms with Crippen LogP contribution in [-0.2, 0) is 18.8 Å². The van der Waals surface area contributed by atoms with Crippen molar-refractivity contribution in [1.29, 1.82) is 0 Å². The fourth-order valence-electron chi connectivity index (χ4n) is 3.34. The molecule has 4 heterocycles. The van der Waals surface area contributed by atoms with E-state index in [1.807, 2.05) is 0 Å². The fraction of sp³-hybridized carbons (Fsp3) is 0.364. The summed E-state index contributed by atoms with van der Waals surface area (Å²) in [5, 5.41) is 0. The van der Waals surface area contributed by atoms with Crippen LogP contribution in [0.2, 0.25) is 0 Å². The van der Waals surface area contributed by atoms with Gasteiger partial charge in [0.2, 0.25) is 0 Å². The normalized spacial score (nSPS) is 19.1. The van der Waals surface area contributed by atoms with Crippen LogP contribution in [0, 0.1) is 0 Å². The average Bonchev–Trinajstić information content (AvgIpc) is 3.53. The summed E-state index contributed by atoms with van der Waals surface area (Å²) < 4.78 is 31.1. The first-order valence-electron chi connectivity index (χ1n) is 10.5. The van der Waals surface area contributed by atoms with E-state index in [1.165, 1.54) is 25.7 Å². The van der Waals surface area contributed by atoms with Crippen LogP contribution in [0.15, 0.2) is 48.5 Å². The Labute approximate surface area is 198 Å². The number of hydrogen-bond acceptors (Lipinski definition) is 8. The molecule has 0 atom stereocenters. The largest absolute Gasteiger partial charge is 1.00 e. The molecular weight excluding hydrogens is 410 g/mol. The van der Waals surface area contributed by atoms with E-state index in [4.69, 9.17) is 28.1 Å². The second-order valence-electron chi connectivity index (χ2n) is 7.25. The molecular formula is C22H24BLiO8. The van der Waals surface area contributed by atoms with Gasteiger partial charge in [-0.1, -0.05) is 24.3 Å². The van der Waals surface area contributed by atoms with E-state index in [2.05, 4.69) is 0 Å². The molecule has 0 aliphatic carbocycles. The van der Waals surface area contributed by atoms with Gasteiger partial charge in [0.15, 0.2) is 0 Å². The number of carbonyl (C=O) groups is 2. The topological polar surface area (TPSA) is 89.5 Å². The van der Waals surface area contributed by atoms with Crippen LogP contribution in [0.25, 0.3) is 0 Å². The van der Waals surface area contributed by atoms with Gasteiger partial charge in [0.05, 0.1) is 22.6 Å². The molecule has 2 fully saturated rings. The average molecular weight is 434 g/mol. The van der Waals surface area contributed by atoms with Crippen molar-refractivity contribution in [2.75, 3.05) is 26.4 Å². The second-order valence-corrected chi connectivity index (χ2v) is 7.25. The molecule has 10 heteroatoms. The van der Waals surface area contributed by atoms with Crippen LogP contribution in [-0.4, -0.2) is 45.3 Å². The molecule has 0 N–H and O–H groups in total. The molecule has 0 amide bonds. The summed E-state index contributed by atoms with van der Waals surface area (Å²) in [7, 11) is 0. The Morgan fingerprint density at radius 1 is 0.562 bits per heavy atom. The third-order valence-electron chi connectivity index (χ3n) is 4.91. The van der Waals surface area contributed by atoms with Crippen LogP contribution in [0.4, 0.5) is 0 Å². The minimum Gasteiger partial charge on any atom is -0.610 e. The third-order valence-corrected chi connectivity index (χ3v) is 4.91. The fourth-order valence-corrected chi connectivity index (χ4v) is 3.34. The van der Waals surface area contributed by atoms with Gasteiger partial charge in [-0.05, 0) is 49.9 Å². The monoisotopic (exact) mass is 434 g/mol. The van der Waals surface area contributed by atoms with Crippen LogP contribution >= 0.6 is 0 Å². The van der Waals surface area contributed by atoms with E-state index in [0.717, 1.165) is 26.4 Å². The molecule has 0 saturated carbocycles. The van der Waals surface area contributed by atoms with Crippen molar-refractivity contribution in [3.8, 4) is 11.5 Å². The number of benzene rings is 2. The van der Waals surface area contributed by atoms with Gasteiger partial charge in [-0.2, -0.15) is 0 Å². The Hall–Kier alpha value is -2.44. The van der Waals surface area contributed by atoms with Crippen molar-refractivity contribution >= 4 is 18.9 Å². The molecule has 4 aliphatic rings. The molecule has 1 spiro atoms. The summed E-state index contributed by atoms with van der Waals surface area (Å²) in [6.07, 6.45) is 5.11. The first-order chi connectivity index (χ1) is 15.2. The zero-order chi connectivity index (χ0) is 21.5. The Bertz CT molecular complexity index is 839. The second kappa shape index (κ2) is 11.4. The van der Waals surface area contributed by atoms with Crippen molar-refractivity contribution in [3.05, 3.63) is 59.7 Å². The van der Waals surface area contributed by atoms with E-state index in [-0.39, 0.29) is 41.5 Å². The smallest absolute Gasteiger partial charge is 0.610 e. The quantitative estimate of drug-likeness (QED) is 0.555. The molecule has 0 bridgehead atoms. The molecule has 164 valence electrons. The summed E-state index contributed by atoms with van der Waals surface area (Å²) in [6.45, 7) is 1.03. The molecule has 2 saturated heterocycles. The van der Waals surface area contributed by atoms with Crippen molar-refractivity contribution in [2.45, 2.75) is 25.7 Å². The maximum absolute atomic E-state index is 12.0. The Morgan fingerprint density at radius 3 is 1.28 bits per heavy atom. The molecule has 8 nitrogen and oxygen atoms in total.